The monoisotopic (exact) mass is 352 g/mol. The molecule has 0 bridgehead atoms. The number of carbonyl (C=O) groups excluding carboxylic acids is 3. The Morgan fingerprint density at radius 3 is 2.19 bits per heavy atom. The van der Waals surface area contributed by atoms with Crippen molar-refractivity contribution in [3.05, 3.63) is 53.9 Å². The Morgan fingerprint density at radius 2 is 1.58 bits per heavy atom. The third-order valence-electron chi connectivity index (χ3n) is 4.10. The maximum Gasteiger partial charge on any atom is 0.272 e. The van der Waals surface area contributed by atoms with E-state index >= 15 is 0 Å². The lowest BCUT2D eigenvalue weighted by atomic mass is 10.2. The molecule has 3 rings (SSSR count). The van der Waals surface area contributed by atoms with Gasteiger partial charge in [-0.2, -0.15) is 0 Å². The van der Waals surface area contributed by atoms with Crippen molar-refractivity contribution in [3.8, 4) is 0 Å². The third kappa shape index (κ3) is 4.24. The summed E-state index contributed by atoms with van der Waals surface area (Å²) in [5, 5.41) is 5.43. The van der Waals surface area contributed by atoms with Crippen molar-refractivity contribution in [2.24, 2.45) is 0 Å². The van der Waals surface area contributed by atoms with Gasteiger partial charge in [0.05, 0.1) is 0 Å². The molecule has 0 spiro atoms. The van der Waals surface area contributed by atoms with Gasteiger partial charge in [0.2, 0.25) is 5.91 Å². The number of carbonyl (C=O) groups is 3. The SMILES string of the molecule is CC(=O)Nc1ccc(NC(=O)c2ccnc(C(=O)N3CCCC3)c2)cc1. The van der Waals surface area contributed by atoms with Crippen LogP contribution in [0, 0.1) is 0 Å². The molecule has 0 atom stereocenters. The average molecular weight is 352 g/mol. The summed E-state index contributed by atoms with van der Waals surface area (Å²) >= 11 is 0. The van der Waals surface area contributed by atoms with Gasteiger partial charge < -0.3 is 15.5 Å². The van der Waals surface area contributed by atoms with Crippen LogP contribution in [-0.4, -0.2) is 40.7 Å². The summed E-state index contributed by atoms with van der Waals surface area (Å²) in [7, 11) is 0. The van der Waals surface area contributed by atoms with Gasteiger partial charge in [-0.3, -0.25) is 19.4 Å². The average Bonchev–Trinajstić information content (AvgIpc) is 3.17. The van der Waals surface area contributed by atoms with Gasteiger partial charge >= 0.3 is 0 Å². The lowest BCUT2D eigenvalue weighted by Crippen LogP contribution is -2.28. The quantitative estimate of drug-likeness (QED) is 0.884. The van der Waals surface area contributed by atoms with Crippen LogP contribution in [0.4, 0.5) is 11.4 Å². The number of anilines is 2. The van der Waals surface area contributed by atoms with E-state index in [0.717, 1.165) is 25.9 Å². The summed E-state index contributed by atoms with van der Waals surface area (Å²) in [6.45, 7) is 2.90. The maximum atomic E-state index is 12.4. The zero-order valence-electron chi connectivity index (χ0n) is 14.5. The van der Waals surface area contributed by atoms with Crippen molar-refractivity contribution in [2.45, 2.75) is 19.8 Å². The minimum atomic E-state index is -0.324. The smallest absolute Gasteiger partial charge is 0.272 e. The van der Waals surface area contributed by atoms with E-state index in [1.807, 2.05) is 0 Å². The molecule has 2 N–H and O–H groups in total. The van der Waals surface area contributed by atoms with Crippen molar-refractivity contribution in [2.75, 3.05) is 23.7 Å². The number of amides is 3. The standard InChI is InChI=1S/C19H20N4O3/c1-13(24)21-15-4-6-16(7-5-15)22-18(25)14-8-9-20-17(12-14)19(26)23-10-2-3-11-23/h4-9,12H,2-3,10-11H2,1H3,(H,21,24)(H,22,25). The number of hydrogen-bond donors (Lipinski definition) is 2. The maximum absolute atomic E-state index is 12.4. The number of pyridine rings is 1. The first-order valence-electron chi connectivity index (χ1n) is 8.47. The fraction of sp³-hybridized carbons (Fsp3) is 0.263. The number of hydrogen-bond acceptors (Lipinski definition) is 4. The molecule has 0 radical (unpaired) electrons. The fourth-order valence-corrected chi connectivity index (χ4v) is 2.81. The Morgan fingerprint density at radius 1 is 0.962 bits per heavy atom. The molecule has 0 saturated carbocycles. The minimum Gasteiger partial charge on any atom is -0.337 e. The van der Waals surface area contributed by atoms with Crippen LogP contribution >= 0.6 is 0 Å². The van der Waals surface area contributed by atoms with Crippen LogP contribution in [-0.2, 0) is 4.79 Å². The number of aromatic nitrogens is 1. The van der Waals surface area contributed by atoms with Crippen LogP contribution in [0.5, 0.6) is 0 Å². The largest absolute Gasteiger partial charge is 0.337 e. The lowest BCUT2D eigenvalue weighted by Gasteiger charge is -2.14. The predicted molar refractivity (Wildman–Crippen MR) is 98.1 cm³/mol. The van der Waals surface area contributed by atoms with Gasteiger partial charge in [0, 0.05) is 43.1 Å². The fourth-order valence-electron chi connectivity index (χ4n) is 2.81. The zero-order chi connectivity index (χ0) is 18.5. The molecule has 1 aliphatic heterocycles. The molecule has 1 aromatic carbocycles. The number of rotatable bonds is 4. The highest BCUT2D eigenvalue weighted by atomic mass is 16.2. The van der Waals surface area contributed by atoms with E-state index in [2.05, 4.69) is 15.6 Å². The van der Waals surface area contributed by atoms with Crippen molar-refractivity contribution in [3.63, 3.8) is 0 Å². The second-order valence-electron chi connectivity index (χ2n) is 6.14. The highest BCUT2D eigenvalue weighted by Gasteiger charge is 2.21. The molecule has 1 aliphatic rings. The first-order chi connectivity index (χ1) is 12.5. The Kier molecular flexibility index (Phi) is 5.26. The topological polar surface area (TPSA) is 91.4 Å². The van der Waals surface area contributed by atoms with Crippen molar-refractivity contribution >= 4 is 29.1 Å². The molecule has 7 nitrogen and oxygen atoms in total. The van der Waals surface area contributed by atoms with E-state index in [9.17, 15) is 14.4 Å². The zero-order valence-corrected chi connectivity index (χ0v) is 14.5. The molecule has 7 heteroatoms. The molecule has 2 aromatic rings. The summed E-state index contributed by atoms with van der Waals surface area (Å²) in [6, 6.07) is 9.88. The van der Waals surface area contributed by atoms with E-state index < -0.39 is 0 Å². The Bertz CT molecular complexity index is 827. The van der Waals surface area contributed by atoms with E-state index in [-0.39, 0.29) is 23.4 Å². The summed E-state index contributed by atoms with van der Waals surface area (Å²) in [4.78, 5) is 41.7. The summed E-state index contributed by atoms with van der Waals surface area (Å²) in [5.41, 5.74) is 1.89. The molecular weight excluding hydrogens is 332 g/mol. The summed E-state index contributed by atoms with van der Waals surface area (Å²) in [5.74, 6) is -0.624. The molecule has 3 amide bonds. The van der Waals surface area contributed by atoms with Crippen molar-refractivity contribution < 1.29 is 14.4 Å². The van der Waals surface area contributed by atoms with Gasteiger partial charge in [-0.15, -0.1) is 0 Å². The molecule has 0 aliphatic carbocycles. The van der Waals surface area contributed by atoms with Crippen LogP contribution in [0.25, 0.3) is 0 Å². The molecule has 1 fully saturated rings. The molecule has 0 unspecified atom stereocenters. The highest BCUT2D eigenvalue weighted by Crippen LogP contribution is 2.16. The van der Waals surface area contributed by atoms with Gasteiger partial charge in [-0.25, -0.2) is 0 Å². The molecular formula is C19H20N4O3. The number of nitrogens with one attached hydrogen (secondary N) is 2. The second kappa shape index (κ2) is 7.77. The summed E-state index contributed by atoms with van der Waals surface area (Å²) < 4.78 is 0. The Hall–Kier alpha value is -3.22. The van der Waals surface area contributed by atoms with Gasteiger partial charge in [-0.05, 0) is 49.2 Å². The lowest BCUT2D eigenvalue weighted by molar-refractivity contribution is -0.114. The molecule has 2 heterocycles. The molecule has 1 aromatic heterocycles. The summed E-state index contributed by atoms with van der Waals surface area (Å²) in [6.07, 6.45) is 3.47. The van der Waals surface area contributed by atoms with Crippen LogP contribution in [0.15, 0.2) is 42.6 Å². The van der Waals surface area contributed by atoms with E-state index in [4.69, 9.17) is 0 Å². The normalized spacial score (nSPS) is 13.3. The second-order valence-corrected chi connectivity index (χ2v) is 6.14. The van der Waals surface area contributed by atoms with Crippen LogP contribution < -0.4 is 10.6 Å². The van der Waals surface area contributed by atoms with E-state index in [1.54, 1.807) is 35.2 Å². The number of likely N-dealkylation sites (tertiary alicyclic amines) is 1. The van der Waals surface area contributed by atoms with Crippen LogP contribution in [0.2, 0.25) is 0 Å². The first kappa shape index (κ1) is 17.6. The molecule has 1 saturated heterocycles. The van der Waals surface area contributed by atoms with Gasteiger partial charge in [0.25, 0.3) is 11.8 Å². The third-order valence-corrected chi connectivity index (χ3v) is 4.10. The Labute approximate surface area is 151 Å². The molecule has 26 heavy (non-hydrogen) atoms. The van der Waals surface area contributed by atoms with E-state index in [0.29, 0.717) is 16.9 Å². The van der Waals surface area contributed by atoms with Crippen molar-refractivity contribution in [1.82, 2.24) is 9.88 Å². The van der Waals surface area contributed by atoms with Gasteiger partial charge in [0.15, 0.2) is 0 Å². The van der Waals surface area contributed by atoms with Crippen LogP contribution in [0.3, 0.4) is 0 Å². The highest BCUT2D eigenvalue weighted by molar-refractivity contribution is 6.05. The molecule has 134 valence electrons. The Balaban J connectivity index is 1.68. The minimum absolute atomic E-state index is 0.142. The van der Waals surface area contributed by atoms with Gasteiger partial charge in [0.1, 0.15) is 5.69 Å². The first-order valence-corrected chi connectivity index (χ1v) is 8.47. The van der Waals surface area contributed by atoms with Crippen molar-refractivity contribution in [1.29, 1.82) is 0 Å². The number of benzene rings is 1. The van der Waals surface area contributed by atoms with Crippen LogP contribution in [0.1, 0.15) is 40.6 Å². The van der Waals surface area contributed by atoms with Gasteiger partial charge in [-0.1, -0.05) is 0 Å². The number of nitrogens with zero attached hydrogens (tertiary/aromatic N) is 2. The predicted octanol–water partition coefficient (Wildman–Crippen LogP) is 2.53. The van der Waals surface area contributed by atoms with E-state index in [1.165, 1.54) is 19.2 Å².